The summed E-state index contributed by atoms with van der Waals surface area (Å²) in [4.78, 5) is 11.5. The van der Waals surface area contributed by atoms with Crippen LogP contribution >= 0.6 is 0 Å². The summed E-state index contributed by atoms with van der Waals surface area (Å²) >= 11 is 0. The molecule has 2 aromatic heterocycles. The van der Waals surface area contributed by atoms with Gasteiger partial charge in [-0.05, 0) is 75.7 Å². The van der Waals surface area contributed by atoms with E-state index in [0.717, 1.165) is 29.3 Å². The van der Waals surface area contributed by atoms with Crippen LogP contribution < -0.4 is 4.74 Å². The highest BCUT2D eigenvalue weighted by Crippen LogP contribution is 2.27. The summed E-state index contributed by atoms with van der Waals surface area (Å²) in [7, 11) is 2.22. The number of rotatable bonds is 8. The van der Waals surface area contributed by atoms with Gasteiger partial charge in [0.2, 0.25) is 5.89 Å². The molecule has 0 radical (unpaired) electrons. The van der Waals surface area contributed by atoms with Gasteiger partial charge in [0.15, 0.2) is 5.76 Å². The van der Waals surface area contributed by atoms with Crippen LogP contribution in [-0.4, -0.2) is 34.6 Å². The third kappa shape index (κ3) is 5.86. The lowest BCUT2D eigenvalue weighted by Gasteiger charge is -2.31. The molecule has 5 heteroatoms. The van der Waals surface area contributed by atoms with E-state index in [4.69, 9.17) is 9.15 Å². The smallest absolute Gasteiger partial charge is 0.245 e. The Bertz CT molecular complexity index is 1010. The summed E-state index contributed by atoms with van der Waals surface area (Å²) in [6.07, 6.45) is 12.5. The van der Waals surface area contributed by atoms with Crippen LogP contribution in [-0.2, 0) is 6.54 Å². The third-order valence-electron chi connectivity index (χ3n) is 6.06. The van der Waals surface area contributed by atoms with E-state index < -0.39 is 0 Å². The van der Waals surface area contributed by atoms with Gasteiger partial charge >= 0.3 is 0 Å². The first-order chi connectivity index (χ1) is 15.6. The minimum Gasteiger partial charge on any atom is -0.490 e. The maximum atomic E-state index is 5.99. The highest BCUT2D eigenvalue weighted by Gasteiger charge is 2.18. The second-order valence-corrected chi connectivity index (χ2v) is 8.91. The zero-order chi connectivity index (χ0) is 22.3. The number of oxazole rings is 1. The molecule has 0 bridgehead atoms. The Hall–Kier alpha value is -2.92. The van der Waals surface area contributed by atoms with Gasteiger partial charge in [-0.1, -0.05) is 30.9 Å². The van der Waals surface area contributed by atoms with Crippen LogP contribution in [0.4, 0.5) is 0 Å². The van der Waals surface area contributed by atoms with E-state index in [1.165, 1.54) is 43.2 Å². The molecular formula is C27H33N3O2. The molecule has 0 unspecified atom stereocenters. The molecule has 3 aromatic rings. The number of allylic oxidation sites excluding steroid dienone is 1. The van der Waals surface area contributed by atoms with Crippen molar-refractivity contribution in [2.45, 2.75) is 58.5 Å². The summed E-state index contributed by atoms with van der Waals surface area (Å²) in [5, 5.41) is 0. The number of hydrogen-bond donors (Lipinski definition) is 0. The van der Waals surface area contributed by atoms with Crippen LogP contribution in [0.1, 0.15) is 51.5 Å². The van der Waals surface area contributed by atoms with Gasteiger partial charge in [0.1, 0.15) is 18.1 Å². The van der Waals surface area contributed by atoms with Crippen LogP contribution in [0.5, 0.6) is 5.75 Å². The average Bonchev–Trinajstić information content (AvgIpc) is 3.31. The molecule has 1 aliphatic carbocycles. The number of aromatic nitrogens is 2. The van der Waals surface area contributed by atoms with Crippen molar-refractivity contribution in [1.82, 2.24) is 14.9 Å². The topological polar surface area (TPSA) is 51.4 Å². The average molecular weight is 432 g/mol. The fraction of sp³-hybridized carbons (Fsp3) is 0.407. The number of hydrogen-bond acceptors (Lipinski definition) is 5. The van der Waals surface area contributed by atoms with Gasteiger partial charge in [-0.15, -0.1) is 0 Å². The van der Waals surface area contributed by atoms with Gasteiger partial charge in [0.25, 0.3) is 0 Å². The molecule has 1 fully saturated rings. The normalized spacial score (nSPS) is 14.5. The van der Waals surface area contributed by atoms with Gasteiger partial charge in [-0.25, -0.2) is 4.98 Å². The molecule has 5 nitrogen and oxygen atoms in total. The summed E-state index contributed by atoms with van der Waals surface area (Å²) in [6.45, 7) is 5.63. The van der Waals surface area contributed by atoms with Gasteiger partial charge in [-0.3, -0.25) is 9.88 Å². The van der Waals surface area contributed by atoms with E-state index in [1.807, 2.05) is 36.5 Å². The lowest BCUT2D eigenvalue weighted by Crippen LogP contribution is -2.32. The van der Waals surface area contributed by atoms with E-state index in [-0.39, 0.29) is 0 Å². The monoisotopic (exact) mass is 431 g/mol. The van der Waals surface area contributed by atoms with Crippen molar-refractivity contribution in [3.8, 4) is 28.7 Å². The van der Waals surface area contributed by atoms with E-state index in [0.29, 0.717) is 18.5 Å². The standard InChI is InChI=1S/C27H33N3O2/c1-20(2)15-16-31-24-12-10-22(11-13-24)26-18-29-27(32-26)25-14-9-21(17-28-25)19-30(3)23-7-5-4-6-8-23/h9-15,17-18,23H,4-8,16,19H2,1-3H3. The first-order valence-electron chi connectivity index (χ1n) is 11.6. The maximum absolute atomic E-state index is 5.99. The Balaban J connectivity index is 1.37. The van der Waals surface area contributed by atoms with E-state index in [1.54, 1.807) is 6.20 Å². The molecule has 168 valence electrons. The molecule has 1 aliphatic rings. The van der Waals surface area contributed by atoms with Crippen molar-refractivity contribution < 1.29 is 9.15 Å². The highest BCUT2D eigenvalue weighted by molar-refractivity contribution is 5.60. The van der Waals surface area contributed by atoms with E-state index in [2.05, 4.69) is 47.9 Å². The van der Waals surface area contributed by atoms with Crippen LogP contribution in [0.25, 0.3) is 22.9 Å². The number of ether oxygens (including phenoxy) is 1. The third-order valence-corrected chi connectivity index (χ3v) is 6.06. The van der Waals surface area contributed by atoms with Gasteiger partial charge in [-0.2, -0.15) is 0 Å². The zero-order valence-corrected chi connectivity index (χ0v) is 19.4. The lowest BCUT2D eigenvalue weighted by atomic mass is 9.94. The molecule has 1 saturated carbocycles. The van der Waals surface area contributed by atoms with Crippen LogP contribution in [0.2, 0.25) is 0 Å². The van der Waals surface area contributed by atoms with Crippen molar-refractivity contribution in [3.05, 3.63) is 66.0 Å². The molecule has 0 N–H and O–H groups in total. The lowest BCUT2D eigenvalue weighted by molar-refractivity contribution is 0.184. The van der Waals surface area contributed by atoms with Gasteiger partial charge < -0.3 is 9.15 Å². The summed E-state index contributed by atoms with van der Waals surface area (Å²) in [6, 6.07) is 12.7. The van der Waals surface area contributed by atoms with Crippen molar-refractivity contribution >= 4 is 0 Å². The first kappa shape index (κ1) is 22.3. The largest absolute Gasteiger partial charge is 0.490 e. The van der Waals surface area contributed by atoms with E-state index >= 15 is 0 Å². The SMILES string of the molecule is CC(C)=CCOc1ccc(-c2cnc(-c3ccc(CN(C)C4CCCCC4)cn3)o2)cc1. The minimum absolute atomic E-state index is 0.538. The summed E-state index contributed by atoms with van der Waals surface area (Å²) in [5.74, 6) is 2.09. The molecule has 0 amide bonds. The fourth-order valence-electron chi connectivity index (χ4n) is 4.13. The Kier molecular flexibility index (Phi) is 7.38. The Morgan fingerprint density at radius 3 is 2.50 bits per heavy atom. The number of pyridine rings is 1. The molecule has 4 rings (SSSR count). The summed E-state index contributed by atoms with van der Waals surface area (Å²) < 4.78 is 11.7. The molecule has 0 aliphatic heterocycles. The molecule has 0 saturated heterocycles. The Morgan fingerprint density at radius 1 is 1.03 bits per heavy atom. The van der Waals surface area contributed by atoms with Crippen LogP contribution in [0.15, 0.2) is 64.9 Å². The minimum atomic E-state index is 0.538. The Labute approximate surface area is 191 Å². The molecule has 1 aromatic carbocycles. The molecule has 0 atom stereocenters. The second-order valence-electron chi connectivity index (χ2n) is 8.91. The summed E-state index contributed by atoms with van der Waals surface area (Å²) in [5.41, 5.74) is 4.18. The quantitative estimate of drug-likeness (QED) is 0.380. The molecular weight excluding hydrogens is 398 g/mol. The molecule has 2 heterocycles. The second kappa shape index (κ2) is 10.6. The number of benzene rings is 1. The molecule has 0 spiro atoms. The predicted molar refractivity (Wildman–Crippen MR) is 128 cm³/mol. The first-order valence-corrected chi connectivity index (χ1v) is 11.6. The van der Waals surface area contributed by atoms with Crippen LogP contribution in [0, 0.1) is 0 Å². The van der Waals surface area contributed by atoms with Gasteiger partial charge in [0.05, 0.1) is 6.20 Å². The van der Waals surface area contributed by atoms with Crippen molar-refractivity contribution in [1.29, 1.82) is 0 Å². The van der Waals surface area contributed by atoms with Crippen molar-refractivity contribution in [2.75, 3.05) is 13.7 Å². The van der Waals surface area contributed by atoms with Gasteiger partial charge in [0, 0.05) is 24.3 Å². The molecule has 32 heavy (non-hydrogen) atoms. The maximum Gasteiger partial charge on any atom is 0.245 e. The zero-order valence-electron chi connectivity index (χ0n) is 19.4. The fourth-order valence-corrected chi connectivity index (χ4v) is 4.13. The highest BCUT2D eigenvalue weighted by atomic mass is 16.5. The van der Waals surface area contributed by atoms with E-state index in [9.17, 15) is 0 Å². The number of nitrogens with zero attached hydrogens (tertiary/aromatic N) is 3. The van der Waals surface area contributed by atoms with Crippen LogP contribution in [0.3, 0.4) is 0 Å². The Morgan fingerprint density at radius 2 is 1.81 bits per heavy atom. The van der Waals surface area contributed by atoms with Crippen molar-refractivity contribution in [3.63, 3.8) is 0 Å². The van der Waals surface area contributed by atoms with Crippen molar-refractivity contribution in [2.24, 2.45) is 0 Å². The predicted octanol–water partition coefficient (Wildman–Crippen LogP) is 6.51.